The van der Waals surface area contributed by atoms with Crippen LogP contribution in [0.3, 0.4) is 0 Å². The Morgan fingerprint density at radius 2 is 1.89 bits per heavy atom. The van der Waals surface area contributed by atoms with Crippen LogP contribution in [0.15, 0.2) is 64.9 Å². The second-order valence-electron chi connectivity index (χ2n) is 6.56. The minimum Gasteiger partial charge on any atom is -0.397 e. The molecule has 4 rings (SSSR count). The van der Waals surface area contributed by atoms with Gasteiger partial charge in [-0.25, -0.2) is 8.99 Å². The van der Waals surface area contributed by atoms with E-state index >= 15 is 0 Å². The van der Waals surface area contributed by atoms with Crippen LogP contribution in [0.5, 0.6) is 0 Å². The van der Waals surface area contributed by atoms with Crippen LogP contribution in [-0.4, -0.2) is 15.4 Å². The van der Waals surface area contributed by atoms with E-state index in [1.165, 1.54) is 0 Å². The molecule has 3 aromatic rings. The van der Waals surface area contributed by atoms with Gasteiger partial charge >= 0.3 is 0 Å². The molecule has 138 valence electrons. The molecule has 0 spiro atoms. The Bertz CT molecular complexity index is 1080. The van der Waals surface area contributed by atoms with Crippen molar-refractivity contribution in [3.63, 3.8) is 0 Å². The lowest BCUT2D eigenvalue weighted by Gasteiger charge is -2.11. The maximum Gasteiger partial charge on any atom is 0.255 e. The van der Waals surface area contributed by atoms with Crippen LogP contribution in [0.25, 0.3) is 10.4 Å². The highest BCUT2D eigenvalue weighted by molar-refractivity contribution is 7.93. The number of nitrogens with one attached hydrogen (secondary N) is 2. The fourth-order valence-corrected chi connectivity index (χ4v) is 5.31. The zero-order chi connectivity index (χ0) is 19.0. The van der Waals surface area contributed by atoms with Crippen molar-refractivity contribution in [3.8, 4) is 10.4 Å². The SMILES string of the molecule is N=S(=O)(c1ccc(C(=O)Nc2cc(-c3cccs3)ccc2N)cc1)C1CC1. The first kappa shape index (κ1) is 17.8. The zero-order valence-corrected chi connectivity index (χ0v) is 16.1. The monoisotopic (exact) mass is 397 g/mol. The third-order valence-electron chi connectivity index (χ3n) is 4.57. The van der Waals surface area contributed by atoms with E-state index in [9.17, 15) is 9.00 Å². The number of anilines is 2. The molecule has 1 aliphatic rings. The van der Waals surface area contributed by atoms with Crippen molar-refractivity contribution in [2.75, 3.05) is 11.1 Å². The van der Waals surface area contributed by atoms with E-state index in [2.05, 4.69) is 5.32 Å². The minimum atomic E-state index is -2.76. The molecule has 1 saturated carbocycles. The lowest BCUT2D eigenvalue weighted by Crippen LogP contribution is -2.13. The van der Waals surface area contributed by atoms with Crippen LogP contribution < -0.4 is 11.1 Å². The van der Waals surface area contributed by atoms with E-state index < -0.39 is 9.73 Å². The number of nitrogen functional groups attached to an aromatic ring is 1. The van der Waals surface area contributed by atoms with Crippen LogP contribution >= 0.6 is 11.3 Å². The molecule has 7 heteroatoms. The summed E-state index contributed by atoms with van der Waals surface area (Å²) in [6, 6.07) is 16.0. The molecule has 0 bridgehead atoms. The van der Waals surface area contributed by atoms with Gasteiger partial charge in [0.05, 0.1) is 21.1 Å². The molecule has 1 atom stereocenters. The molecule has 0 aliphatic heterocycles. The molecular formula is C20H19N3O2S2. The van der Waals surface area contributed by atoms with Crippen LogP contribution in [0.1, 0.15) is 23.2 Å². The van der Waals surface area contributed by atoms with E-state index in [1.54, 1.807) is 41.7 Å². The normalized spacial score (nSPS) is 15.9. The largest absolute Gasteiger partial charge is 0.397 e. The summed E-state index contributed by atoms with van der Waals surface area (Å²) in [4.78, 5) is 14.2. The number of thiophene rings is 1. The summed E-state index contributed by atoms with van der Waals surface area (Å²) in [5, 5.41) is 4.80. The average molecular weight is 398 g/mol. The highest BCUT2D eigenvalue weighted by Crippen LogP contribution is 2.34. The Balaban J connectivity index is 1.55. The molecule has 4 N–H and O–H groups in total. The van der Waals surface area contributed by atoms with Crippen molar-refractivity contribution in [1.82, 2.24) is 0 Å². The van der Waals surface area contributed by atoms with Crippen LogP contribution in [0.4, 0.5) is 11.4 Å². The number of nitrogens with two attached hydrogens (primary N) is 1. The highest BCUT2D eigenvalue weighted by Gasteiger charge is 2.33. The third-order valence-corrected chi connectivity index (χ3v) is 7.87. The molecule has 1 unspecified atom stereocenters. The van der Waals surface area contributed by atoms with Gasteiger partial charge in [0.1, 0.15) is 0 Å². The number of hydrogen-bond acceptors (Lipinski definition) is 5. The Morgan fingerprint density at radius 1 is 1.15 bits per heavy atom. The molecular weight excluding hydrogens is 378 g/mol. The second-order valence-corrected chi connectivity index (χ2v) is 9.84. The van der Waals surface area contributed by atoms with Crippen molar-refractivity contribution in [3.05, 3.63) is 65.5 Å². The summed E-state index contributed by atoms with van der Waals surface area (Å²) in [5.74, 6) is -0.292. The number of benzene rings is 2. The van der Waals surface area contributed by atoms with E-state index in [1.807, 2.05) is 29.6 Å². The van der Waals surface area contributed by atoms with Gasteiger partial charge in [0.15, 0.2) is 0 Å². The Kier molecular flexibility index (Phi) is 4.49. The number of rotatable bonds is 5. The molecule has 1 amide bonds. The fraction of sp³-hybridized carbons (Fsp3) is 0.150. The highest BCUT2D eigenvalue weighted by atomic mass is 32.2. The van der Waals surface area contributed by atoms with Crippen molar-refractivity contribution in [1.29, 1.82) is 4.78 Å². The predicted molar refractivity (Wildman–Crippen MR) is 111 cm³/mol. The molecule has 1 aromatic heterocycles. The molecule has 27 heavy (non-hydrogen) atoms. The van der Waals surface area contributed by atoms with Gasteiger partial charge in [-0.2, -0.15) is 0 Å². The summed E-state index contributed by atoms with van der Waals surface area (Å²) >= 11 is 1.62. The molecule has 1 fully saturated rings. The standard InChI is InChI=1S/C20H19N3O2S2/c21-17-10-5-14(19-2-1-11-26-19)12-18(17)23-20(24)13-3-6-15(7-4-13)27(22,25)16-8-9-16/h1-7,10-12,16,22H,8-9,21H2,(H,23,24). The minimum absolute atomic E-state index is 0.0445. The molecule has 0 saturated heterocycles. The third kappa shape index (κ3) is 3.61. The van der Waals surface area contributed by atoms with Gasteiger partial charge in [-0.3, -0.25) is 4.79 Å². The van der Waals surface area contributed by atoms with Crippen LogP contribution in [-0.2, 0) is 9.73 Å². The molecule has 1 heterocycles. The van der Waals surface area contributed by atoms with Gasteiger partial charge < -0.3 is 11.1 Å². The summed E-state index contributed by atoms with van der Waals surface area (Å²) in [6.07, 6.45) is 1.68. The van der Waals surface area contributed by atoms with E-state index in [0.717, 1.165) is 23.3 Å². The van der Waals surface area contributed by atoms with Crippen molar-refractivity contribution >= 4 is 38.3 Å². The number of carbonyl (C=O) groups is 1. The van der Waals surface area contributed by atoms with E-state index in [0.29, 0.717) is 21.8 Å². The van der Waals surface area contributed by atoms with Gasteiger partial charge in [0.25, 0.3) is 5.91 Å². The Hall–Kier alpha value is -2.64. The summed E-state index contributed by atoms with van der Waals surface area (Å²) in [6.45, 7) is 0. The summed E-state index contributed by atoms with van der Waals surface area (Å²) < 4.78 is 20.5. The lowest BCUT2D eigenvalue weighted by molar-refractivity contribution is 0.102. The van der Waals surface area contributed by atoms with Gasteiger partial charge in [0.2, 0.25) is 0 Å². The number of amides is 1. The smallest absolute Gasteiger partial charge is 0.255 e. The molecule has 0 radical (unpaired) electrons. The van der Waals surface area contributed by atoms with Gasteiger partial charge in [-0.1, -0.05) is 12.1 Å². The predicted octanol–water partition coefficient (Wildman–Crippen LogP) is 4.82. The Labute approximate surface area is 162 Å². The van der Waals surface area contributed by atoms with Gasteiger partial charge in [-0.15, -0.1) is 11.3 Å². The molecule has 5 nitrogen and oxygen atoms in total. The summed E-state index contributed by atoms with van der Waals surface area (Å²) in [5.41, 5.74) is 8.48. The first-order chi connectivity index (χ1) is 12.9. The average Bonchev–Trinajstić information content (AvgIpc) is 3.40. The van der Waals surface area contributed by atoms with Crippen molar-refractivity contribution in [2.45, 2.75) is 23.0 Å². The second kappa shape index (κ2) is 6.83. The first-order valence-electron chi connectivity index (χ1n) is 8.57. The lowest BCUT2D eigenvalue weighted by atomic mass is 10.1. The maximum absolute atomic E-state index is 12.6. The van der Waals surface area contributed by atoms with Crippen molar-refractivity contribution in [2.24, 2.45) is 0 Å². The van der Waals surface area contributed by atoms with Gasteiger partial charge in [0, 0.05) is 20.6 Å². The Morgan fingerprint density at radius 3 is 2.52 bits per heavy atom. The van der Waals surface area contributed by atoms with Gasteiger partial charge in [-0.05, 0) is 66.2 Å². The van der Waals surface area contributed by atoms with E-state index in [4.69, 9.17) is 10.5 Å². The number of carbonyl (C=O) groups excluding carboxylic acids is 1. The molecule has 2 aromatic carbocycles. The molecule has 1 aliphatic carbocycles. The fourth-order valence-electron chi connectivity index (χ4n) is 2.86. The van der Waals surface area contributed by atoms with E-state index in [-0.39, 0.29) is 11.2 Å². The van der Waals surface area contributed by atoms with Crippen LogP contribution in [0, 0.1) is 4.78 Å². The number of hydrogen-bond donors (Lipinski definition) is 3. The quantitative estimate of drug-likeness (QED) is 0.539. The summed E-state index contributed by atoms with van der Waals surface area (Å²) in [7, 11) is -2.76. The van der Waals surface area contributed by atoms with Crippen LogP contribution in [0.2, 0.25) is 0 Å². The topological polar surface area (TPSA) is 96.0 Å². The maximum atomic E-state index is 12.6. The zero-order valence-electron chi connectivity index (χ0n) is 14.5. The van der Waals surface area contributed by atoms with Crippen molar-refractivity contribution < 1.29 is 9.00 Å². The first-order valence-corrected chi connectivity index (χ1v) is 11.1.